The van der Waals surface area contributed by atoms with Crippen LogP contribution >= 0.6 is 15.9 Å². The third-order valence-electron chi connectivity index (χ3n) is 6.58. The molecule has 0 fully saturated rings. The van der Waals surface area contributed by atoms with Gasteiger partial charge in [0.2, 0.25) is 0 Å². The van der Waals surface area contributed by atoms with Crippen molar-refractivity contribution in [1.29, 1.82) is 0 Å². The van der Waals surface area contributed by atoms with Gasteiger partial charge in [-0.05, 0) is 62.4 Å². The molecular formula is C32H23BrN4. The van der Waals surface area contributed by atoms with Gasteiger partial charge in [-0.3, -0.25) is 9.67 Å². The topological polar surface area (TPSA) is 43.6 Å². The van der Waals surface area contributed by atoms with Crippen molar-refractivity contribution < 1.29 is 0 Å². The summed E-state index contributed by atoms with van der Waals surface area (Å²) in [6.45, 7) is 0. The minimum absolute atomic E-state index is 0.712. The zero-order chi connectivity index (χ0) is 25.1. The van der Waals surface area contributed by atoms with Crippen molar-refractivity contribution in [3.63, 3.8) is 0 Å². The van der Waals surface area contributed by atoms with Crippen LogP contribution in [0, 0.1) is 0 Å². The van der Waals surface area contributed by atoms with Crippen molar-refractivity contribution in [3.8, 4) is 22.5 Å². The molecule has 6 rings (SSSR count). The van der Waals surface area contributed by atoms with E-state index >= 15 is 0 Å². The molecule has 3 aromatic carbocycles. The van der Waals surface area contributed by atoms with Gasteiger partial charge in [0, 0.05) is 24.2 Å². The molecule has 37 heavy (non-hydrogen) atoms. The van der Waals surface area contributed by atoms with Crippen molar-refractivity contribution >= 4 is 15.9 Å². The Hall–Kier alpha value is -4.35. The third-order valence-corrected chi connectivity index (χ3v) is 7.01. The predicted molar refractivity (Wildman–Crippen MR) is 151 cm³/mol. The van der Waals surface area contributed by atoms with E-state index in [9.17, 15) is 0 Å². The largest absolute Gasteiger partial charge is 0.255 e. The number of hydrogen-bond acceptors (Lipinski definition) is 3. The molecule has 3 heterocycles. The van der Waals surface area contributed by atoms with Crippen LogP contribution in [0.3, 0.4) is 0 Å². The lowest BCUT2D eigenvalue weighted by Crippen LogP contribution is -2.38. The number of nitrogens with zero attached hydrogens (tertiary/aromatic N) is 4. The number of benzene rings is 3. The van der Waals surface area contributed by atoms with E-state index < -0.39 is 5.54 Å². The second kappa shape index (κ2) is 9.96. The fraction of sp³-hybridized carbons (Fsp3) is 0.0312. The van der Waals surface area contributed by atoms with Crippen molar-refractivity contribution in [1.82, 2.24) is 19.7 Å². The highest BCUT2D eigenvalue weighted by atomic mass is 79.9. The van der Waals surface area contributed by atoms with Gasteiger partial charge in [-0.25, -0.2) is 4.98 Å². The van der Waals surface area contributed by atoms with Crippen molar-refractivity contribution in [3.05, 3.63) is 161 Å². The summed E-state index contributed by atoms with van der Waals surface area (Å²) in [5, 5.41) is 5.31. The van der Waals surface area contributed by atoms with Crippen LogP contribution in [-0.2, 0) is 5.54 Å². The third kappa shape index (κ3) is 4.17. The molecule has 0 spiro atoms. The fourth-order valence-electron chi connectivity index (χ4n) is 4.95. The Balaban J connectivity index is 1.73. The Labute approximate surface area is 224 Å². The molecule has 0 atom stereocenters. The zero-order valence-corrected chi connectivity index (χ0v) is 21.5. The SMILES string of the molecule is Brc1cc(-c2cn(C(c3ccccc3)(c3ccccc3)c3ccccc3)nc2-c2ccccn2)ccn1. The lowest BCUT2D eigenvalue weighted by molar-refractivity contribution is 0.461. The molecule has 0 N–H and O–H groups in total. The van der Waals surface area contributed by atoms with E-state index in [0.717, 1.165) is 43.8 Å². The first kappa shape index (κ1) is 23.1. The Kier molecular flexibility index (Phi) is 6.21. The average molecular weight is 543 g/mol. The van der Waals surface area contributed by atoms with Crippen LogP contribution in [0.5, 0.6) is 0 Å². The molecule has 6 aromatic rings. The van der Waals surface area contributed by atoms with E-state index in [4.69, 9.17) is 5.10 Å². The van der Waals surface area contributed by atoms with Crippen LogP contribution in [0.2, 0.25) is 0 Å². The van der Waals surface area contributed by atoms with Gasteiger partial charge >= 0.3 is 0 Å². The molecule has 0 aliphatic carbocycles. The smallest absolute Gasteiger partial charge is 0.138 e. The molecule has 5 heteroatoms. The Morgan fingerprint density at radius 2 is 1.16 bits per heavy atom. The first-order valence-electron chi connectivity index (χ1n) is 12.1. The van der Waals surface area contributed by atoms with Gasteiger partial charge in [0.25, 0.3) is 0 Å². The van der Waals surface area contributed by atoms with Crippen molar-refractivity contribution in [2.75, 3.05) is 0 Å². The van der Waals surface area contributed by atoms with E-state index in [1.807, 2.05) is 48.5 Å². The number of halogens is 1. The van der Waals surface area contributed by atoms with Crippen molar-refractivity contribution in [2.24, 2.45) is 0 Å². The average Bonchev–Trinajstić information content (AvgIpc) is 3.42. The van der Waals surface area contributed by atoms with E-state index in [1.165, 1.54) is 0 Å². The standard InChI is InChI=1S/C32H23BrN4/c33-30-22-24(19-21-35-30)28-23-37(36-31(28)29-18-10-11-20-34-29)32(25-12-4-1-5-13-25,26-14-6-2-7-15-26)27-16-8-3-9-17-27/h1-23H. The molecule has 3 aromatic heterocycles. The Bertz CT molecular complexity index is 1520. The van der Waals surface area contributed by atoms with E-state index in [-0.39, 0.29) is 0 Å². The molecule has 0 radical (unpaired) electrons. The van der Waals surface area contributed by atoms with Gasteiger partial charge in [0.1, 0.15) is 15.8 Å². The summed E-state index contributed by atoms with van der Waals surface area (Å²) < 4.78 is 2.87. The minimum Gasteiger partial charge on any atom is -0.255 e. The van der Waals surface area contributed by atoms with E-state index in [2.05, 4.69) is 110 Å². The molecule has 0 bridgehead atoms. The summed E-state index contributed by atoms with van der Waals surface area (Å²) in [4.78, 5) is 9.01. The maximum Gasteiger partial charge on any atom is 0.138 e. The molecule has 0 unspecified atom stereocenters. The summed E-state index contributed by atoms with van der Waals surface area (Å²) in [5.41, 5.74) is 6.25. The molecule has 0 saturated carbocycles. The number of rotatable bonds is 6. The normalized spacial score (nSPS) is 11.4. The summed E-state index contributed by atoms with van der Waals surface area (Å²) >= 11 is 3.54. The highest BCUT2D eigenvalue weighted by Crippen LogP contribution is 2.43. The molecule has 0 aliphatic heterocycles. The maximum absolute atomic E-state index is 5.31. The van der Waals surface area contributed by atoms with Gasteiger partial charge < -0.3 is 0 Å². The van der Waals surface area contributed by atoms with Crippen LogP contribution in [0.1, 0.15) is 16.7 Å². The number of pyridine rings is 2. The molecule has 4 nitrogen and oxygen atoms in total. The fourth-order valence-corrected chi connectivity index (χ4v) is 5.32. The highest BCUT2D eigenvalue weighted by molar-refractivity contribution is 9.10. The molecule has 178 valence electrons. The monoisotopic (exact) mass is 542 g/mol. The minimum atomic E-state index is -0.712. The van der Waals surface area contributed by atoms with Gasteiger partial charge in [-0.15, -0.1) is 0 Å². The van der Waals surface area contributed by atoms with Crippen LogP contribution in [0.15, 0.2) is 145 Å². The lowest BCUT2D eigenvalue weighted by atomic mass is 9.77. The molecular weight excluding hydrogens is 520 g/mol. The van der Waals surface area contributed by atoms with Crippen LogP contribution < -0.4 is 0 Å². The molecule has 0 aliphatic rings. The second-order valence-corrected chi connectivity index (χ2v) is 9.54. The maximum atomic E-state index is 5.31. The first-order chi connectivity index (χ1) is 18.3. The summed E-state index contributed by atoms with van der Waals surface area (Å²) in [6.07, 6.45) is 5.75. The second-order valence-electron chi connectivity index (χ2n) is 8.73. The van der Waals surface area contributed by atoms with Gasteiger partial charge in [-0.2, -0.15) is 5.10 Å². The highest BCUT2D eigenvalue weighted by Gasteiger charge is 2.40. The van der Waals surface area contributed by atoms with Crippen LogP contribution in [0.4, 0.5) is 0 Å². The summed E-state index contributed by atoms with van der Waals surface area (Å²) in [6, 6.07) is 41.6. The van der Waals surface area contributed by atoms with Crippen LogP contribution in [0.25, 0.3) is 22.5 Å². The van der Waals surface area contributed by atoms with Gasteiger partial charge in [0.05, 0.1) is 5.69 Å². The van der Waals surface area contributed by atoms with Crippen LogP contribution in [-0.4, -0.2) is 19.7 Å². The molecule has 0 saturated heterocycles. The van der Waals surface area contributed by atoms with Gasteiger partial charge in [0.15, 0.2) is 0 Å². The predicted octanol–water partition coefficient (Wildman–Crippen LogP) is 7.61. The quantitative estimate of drug-likeness (QED) is 0.160. The van der Waals surface area contributed by atoms with E-state index in [0.29, 0.717) is 0 Å². The Morgan fingerprint density at radius 3 is 1.68 bits per heavy atom. The zero-order valence-electron chi connectivity index (χ0n) is 19.9. The summed E-state index contributed by atoms with van der Waals surface area (Å²) in [5.74, 6) is 0. The lowest BCUT2D eigenvalue weighted by Gasteiger charge is -2.36. The van der Waals surface area contributed by atoms with Gasteiger partial charge in [-0.1, -0.05) is 97.1 Å². The molecule has 0 amide bonds. The number of hydrogen-bond donors (Lipinski definition) is 0. The first-order valence-corrected chi connectivity index (χ1v) is 12.9. The van der Waals surface area contributed by atoms with Crippen molar-refractivity contribution in [2.45, 2.75) is 5.54 Å². The number of aromatic nitrogens is 4. The Morgan fingerprint density at radius 1 is 0.595 bits per heavy atom. The summed E-state index contributed by atoms with van der Waals surface area (Å²) in [7, 11) is 0. The van der Waals surface area contributed by atoms with E-state index in [1.54, 1.807) is 12.4 Å².